The molecule has 4 rings (SSSR count). The molecule has 6 heteroatoms. The summed E-state index contributed by atoms with van der Waals surface area (Å²) in [7, 11) is 0. The predicted octanol–water partition coefficient (Wildman–Crippen LogP) is 5.68. The van der Waals surface area contributed by atoms with E-state index in [9.17, 15) is 4.79 Å². The number of nitrogens with zero attached hydrogens (tertiary/aromatic N) is 1. The molecule has 1 amide bonds. The fourth-order valence-electron chi connectivity index (χ4n) is 4.14. The van der Waals surface area contributed by atoms with E-state index in [0.29, 0.717) is 23.8 Å². The van der Waals surface area contributed by atoms with Crippen LogP contribution >= 0.6 is 11.8 Å². The van der Waals surface area contributed by atoms with E-state index in [1.807, 2.05) is 37.3 Å². The minimum atomic E-state index is -0.231. The summed E-state index contributed by atoms with van der Waals surface area (Å²) in [5, 5.41) is 7.66. The lowest BCUT2D eigenvalue weighted by Crippen LogP contribution is -2.40. The highest BCUT2D eigenvalue weighted by Gasteiger charge is 2.35. The van der Waals surface area contributed by atoms with Crippen LogP contribution in [-0.2, 0) is 4.79 Å². The number of benzene rings is 2. The summed E-state index contributed by atoms with van der Waals surface area (Å²) in [6.07, 6.45) is 6.99. The predicted molar refractivity (Wildman–Crippen MR) is 126 cm³/mol. The van der Waals surface area contributed by atoms with Crippen LogP contribution in [-0.4, -0.2) is 29.0 Å². The van der Waals surface area contributed by atoms with Gasteiger partial charge in [0.2, 0.25) is 5.91 Å². The molecule has 1 saturated carbocycles. The lowest BCUT2D eigenvalue weighted by Gasteiger charge is -2.36. The summed E-state index contributed by atoms with van der Waals surface area (Å²) < 4.78 is 5.61. The summed E-state index contributed by atoms with van der Waals surface area (Å²) in [5.74, 6) is 0.949. The number of hydrogen-bond acceptors (Lipinski definition) is 5. The first-order valence-electron chi connectivity index (χ1n) is 10.8. The third-order valence-electron chi connectivity index (χ3n) is 5.57. The summed E-state index contributed by atoms with van der Waals surface area (Å²) in [4.78, 5) is 17.9. The maximum Gasteiger partial charge on any atom is 0.234 e. The van der Waals surface area contributed by atoms with Crippen molar-refractivity contribution in [3.05, 3.63) is 54.1 Å². The molecule has 0 unspecified atom stereocenters. The monoisotopic (exact) mass is 423 g/mol. The minimum absolute atomic E-state index is 0.0548. The van der Waals surface area contributed by atoms with E-state index in [0.717, 1.165) is 29.1 Å². The van der Waals surface area contributed by atoms with Gasteiger partial charge in [0.1, 0.15) is 16.5 Å². The Morgan fingerprint density at radius 2 is 1.83 bits per heavy atom. The zero-order valence-electron chi connectivity index (χ0n) is 17.4. The van der Waals surface area contributed by atoms with Crippen LogP contribution in [0.5, 0.6) is 5.75 Å². The van der Waals surface area contributed by atoms with Crippen molar-refractivity contribution in [1.82, 2.24) is 0 Å². The van der Waals surface area contributed by atoms with Crippen LogP contribution in [0.3, 0.4) is 0 Å². The van der Waals surface area contributed by atoms with Crippen molar-refractivity contribution >= 4 is 34.1 Å². The van der Waals surface area contributed by atoms with Crippen LogP contribution < -0.4 is 15.4 Å². The Balaban J connectivity index is 1.49. The van der Waals surface area contributed by atoms with Crippen molar-refractivity contribution < 1.29 is 9.53 Å². The average Bonchev–Trinajstić information content (AvgIpc) is 2.99. The van der Waals surface area contributed by atoms with E-state index < -0.39 is 0 Å². The average molecular weight is 424 g/mol. The van der Waals surface area contributed by atoms with Gasteiger partial charge in [-0.05, 0) is 50.8 Å². The molecule has 2 aliphatic rings. The third-order valence-corrected chi connectivity index (χ3v) is 6.56. The number of para-hydroxylation sites is 3. The molecular formula is C24H29N3O2S. The third kappa shape index (κ3) is 4.81. The highest BCUT2D eigenvalue weighted by molar-refractivity contribution is 8.15. The standard InChI is InChI=1S/C24H29N3O2S/c1-2-29-21-14-8-7-13-20(21)25-22(28)17-30-23-18-11-5-6-12-19(18)26-24(27-23)15-9-3-4-10-16-24/h5-8,11-14,26H,2-4,9-10,15-17H2,1H3,(H,25,28). The number of fused-ring (bicyclic) bond motifs is 1. The van der Waals surface area contributed by atoms with E-state index in [1.165, 1.54) is 37.4 Å². The van der Waals surface area contributed by atoms with Gasteiger partial charge < -0.3 is 15.4 Å². The molecule has 0 atom stereocenters. The van der Waals surface area contributed by atoms with Crippen molar-refractivity contribution in [2.75, 3.05) is 23.0 Å². The van der Waals surface area contributed by atoms with Crippen LogP contribution in [0.15, 0.2) is 53.5 Å². The maximum absolute atomic E-state index is 12.7. The molecule has 0 saturated heterocycles. The summed E-state index contributed by atoms with van der Waals surface area (Å²) >= 11 is 1.52. The van der Waals surface area contributed by atoms with Gasteiger partial charge in [-0.15, -0.1) is 0 Å². The van der Waals surface area contributed by atoms with Gasteiger partial charge in [-0.1, -0.05) is 54.9 Å². The molecule has 158 valence electrons. The Hall–Kier alpha value is -2.47. The number of anilines is 2. The SMILES string of the molecule is CCOc1ccccc1NC(=O)CSC1=NC2(CCCCCC2)Nc2ccccc21. The number of amides is 1. The first-order valence-corrected chi connectivity index (χ1v) is 11.8. The van der Waals surface area contributed by atoms with Gasteiger partial charge in [0.05, 0.1) is 18.0 Å². The summed E-state index contributed by atoms with van der Waals surface area (Å²) in [6, 6.07) is 15.8. The minimum Gasteiger partial charge on any atom is -0.492 e. The summed E-state index contributed by atoms with van der Waals surface area (Å²) in [6.45, 7) is 2.49. The number of carbonyl (C=O) groups is 1. The lowest BCUT2D eigenvalue weighted by molar-refractivity contribution is -0.113. The van der Waals surface area contributed by atoms with E-state index in [4.69, 9.17) is 9.73 Å². The van der Waals surface area contributed by atoms with Gasteiger partial charge in [0, 0.05) is 11.3 Å². The molecule has 5 nitrogen and oxygen atoms in total. The van der Waals surface area contributed by atoms with Crippen LogP contribution in [0.25, 0.3) is 0 Å². The van der Waals surface area contributed by atoms with E-state index >= 15 is 0 Å². The Bertz CT molecular complexity index is 920. The van der Waals surface area contributed by atoms with Gasteiger partial charge in [0.15, 0.2) is 0 Å². The second kappa shape index (κ2) is 9.56. The molecule has 0 aromatic heterocycles. The largest absolute Gasteiger partial charge is 0.492 e. The Kier molecular flexibility index (Phi) is 6.62. The zero-order valence-corrected chi connectivity index (χ0v) is 18.3. The first kappa shape index (κ1) is 20.8. The van der Waals surface area contributed by atoms with Gasteiger partial charge in [-0.25, -0.2) is 4.99 Å². The van der Waals surface area contributed by atoms with Gasteiger partial charge in [-0.2, -0.15) is 0 Å². The molecule has 1 aliphatic heterocycles. The van der Waals surface area contributed by atoms with Crippen molar-refractivity contribution in [3.63, 3.8) is 0 Å². The number of thioether (sulfide) groups is 1. The number of rotatable bonds is 5. The lowest BCUT2D eigenvalue weighted by atomic mass is 9.97. The van der Waals surface area contributed by atoms with Gasteiger partial charge in [-0.3, -0.25) is 4.79 Å². The topological polar surface area (TPSA) is 62.7 Å². The highest BCUT2D eigenvalue weighted by Crippen LogP contribution is 2.39. The molecule has 0 radical (unpaired) electrons. The van der Waals surface area contributed by atoms with Gasteiger partial charge in [0.25, 0.3) is 0 Å². The molecule has 1 fully saturated rings. The van der Waals surface area contributed by atoms with E-state index in [1.54, 1.807) is 0 Å². The fraction of sp³-hybridized carbons (Fsp3) is 0.417. The van der Waals surface area contributed by atoms with Crippen LogP contribution in [0.1, 0.15) is 51.0 Å². The normalized spacial score (nSPS) is 17.3. The molecule has 2 aromatic rings. The number of carbonyl (C=O) groups excluding carboxylic acids is 1. The molecule has 2 N–H and O–H groups in total. The van der Waals surface area contributed by atoms with Crippen molar-refractivity contribution in [2.24, 2.45) is 4.99 Å². The number of hydrogen-bond donors (Lipinski definition) is 2. The molecule has 1 heterocycles. The summed E-state index contributed by atoms with van der Waals surface area (Å²) in [5.41, 5.74) is 2.68. The Morgan fingerprint density at radius 3 is 2.63 bits per heavy atom. The van der Waals surface area contributed by atoms with Crippen molar-refractivity contribution in [1.29, 1.82) is 0 Å². The molecule has 1 spiro atoms. The number of nitrogens with one attached hydrogen (secondary N) is 2. The number of aliphatic imine (C=N–C) groups is 1. The second-order valence-corrected chi connectivity index (χ2v) is 8.76. The zero-order chi connectivity index (χ0) is 20.8. The Labute approximate surface area is 182 Å². The highest BCUT2D eigenvalue weighted by atomic mass is 32.2. The smallest absolute Gasteiger partial charge is 0.234 e. The van der Waals surface area contributed by atoms with Crippen molar-refractivity contribution in [2.45, 2.75) is 51.1 Å². The van der Waals surface area contributed by atoms with E-state index in [2.05, 4.69) is 28.8 Å². The molecular weight excluding hydrogens is 394 g/mol. The van der Waals surface area contributed by atoms with Gasteiger partial charge >= 0.3 is 0 Å². The molecule has 0 bridgehead atoms. The fourth-order valence-corrected chi connectivity index (χ4v) is 5.06. The molecule has 2 aromatic carbocycles. The molecule has 1 aliphatic carbocycles. The van der Waals surface area contributed by atoms with Crippen LogP contribution in [0, 0.1) is 0 Å². The first-order chi connectivity index (χ1) is 14.7. The van der Waals surface area contributed by atoms with Crippen LogP contribution in [0.2, 0.25) is 0 Å². The van der Waals surface area contributed by atoms with Crippen molar-refractivity contribution in [3.8, 4) is 5.75 Å². The number of ether oxygens (including phenoxy) is 1. The van der Waals surface area contributed by atoms with E-state index in [-0.39, 0.29) is 11.6 Å². The Morgan fingerprint density at radius 1 is 1.10 bits per heavy atom. The maximum atomic E-state index is 12.7. The second-order valence-electron chi connectivity index (χ2n) is 7.80. The molecule has 30 heavy (non-hydrogen) atoms. The quantitative estimate of drug-likeness (QED) is 0.649. The van der Waals surface area contributed by atoms with Crippen LogP contribution in [0.4, 0.5) is 11.4 Å².